The van der Waals surface area contributed by atoms with E-state index in [2.05, 4.69) is 47.1 Å². The summed E-state index contributed by atoms with van der Waals surface area (Å²) in [5, 5.41) is 1.58. The maximum atomic E-state index is 3.43. The molecule has 0 aliphatic rings. The van der Waals surface area contributed by atoms with Gasteiger partial charge in [0.25, 0.3) is 0 Å². The number of hydrogen-bond acceptors (Lipinski definition) is 0. The molecule has 2 heteroatoms. The van der Waals surface area contributed by atoms with Crippen molar-refractivity contribution >= 4 is 30.6 Å². The van der Waals surface area contributed by atoms with Crippen LogP contribution >= 0.6 is 15.9 Å². The zero-order valence-corrected chi connectivity index (χ0v) is 9.81. The molecule has 0 bridgehead atoms. The van der Waals surface area contributed by atoms with Crippen LogP contribution in [0.2, 0.25) is 6.04 Å². The normalized spacial score (nSPS) is 11.1. The second-order valence-corrected chi connectivity index (χ2v) is 5.67. The summed E-state index contributed by atoms with van der Waals surface area (Å²) in [4.78, 5) is 0. The third kappa shape index (κ3) is 3.21. The van der Waals surface area contributed by atoms with Crippen molar-refractivity contribution in [3.63, 3.8) is 0 Å². The maximum absolute atomic E-state index is 3.43. The van der Waals surface area contributed by atoms with E-state index in [0.717, 1.165) is 0 Å². The largest absolute Gasteiger partial charge is 0.0668 e. The molecule has 0 nitrogen and oxygen atoms in total. The fourth-order valence-corrected chi connectivity index (χ4v) is 2.63. The van der Waals surface area contributed by atoms with Crippen molar-refractivity contribution in [1.29, 1.82) is 0 Å². The zero-order chi connectivity index (χ0) is 8.10. The minimum Gasteiger partial charge on any atom is -0.0668 e. The van der Waals surface area contributed by atoms with Crippen molar-refractivity contribution in [2.75, 3.05) is 0 Å². The summed E-state index contributed by atoms with van der Waals surface area (Å²) in [6.45, 7) is 2.26. The van der Waals surface area contributed by atoms with Crippen LogP contribution in [0.3, 0.4) is 0 Å². The molecule has 11 heavy (non-hydrogen) atoms. The van der Waals surface area contributed by atoms with Crippen LogP contribution in [0.4, 0.5) is 0 Å². The van der Waals surface area contributed by atoms with Crippen LogP contribution in [0.25, 0.3) is 0 Å². The molecule has 0 aromatic heterocycles. The van der Waals surface area contributed by atoms with Crippen molar-refractivity contribution < 1.29 is 0 Å². The molecule has 0 N–H and O–H groups in total. The number of hydrogen-bond donors (Lipinski definition) is 0. The van der Waals surface area contributed by atoms with E-state index in [1.54, 1.807) is 5.19 Å². The summed E-state index contributed by atoms with van der Waals surface area (Å²) in [5.41, 5.74) is 0. The van der Waals surface area contributed by atoms with Crippen LogP contribution in [-0.2, 0) is 0 Å². The van der Waals surface area contributed by atoms with Crippen molar-refractivity contribution in [3.05, 3.63) is 28.7 Å². The molecule has 0 radical (unpaired) electrons. The quantitative estimate of drug-likeness (QED) is 0.696. The maximum Gasteiger partial charge on any atom is 0.0547 e. The Balaban J connectivity index is 2.52. The topological polar surface area (TPSA) is 0 Å². The molecule has 1 rings (SSSR count). The minimum atomic E-state index is 0.0517. The van der Waals surface area contributed by atoms with E-state index in [1.165, 1.54) is 16.9 Å². The molecule has 60 valence electrons. The zero-order valence-electron chi connectivity index (χ0n) is 6.81. The van der Waals surface area contributed by atoms with Gasteiger partial charge in [-0.05, 0) is 12.1 Å². The van der Waals surface area contributed by atoms with E-state index in [0.29, 0.717) is 0 Å². The second-order valence-electron chi connectivity index (χ2n) is 2.73. The Morgan fingerprint density at radius 2 is 1.91 bits per heavy atom. The summed E-state index contributed by atoms with van der Waals surface area (Å²) in [6, 6.07) is 10.2. The Hall–Kier alpha value is -0.0831. The van der Waals surface area contributed by atoms with Gasteiger partial charge in [0.2, 0.25) is 0 Å². The van der Waals surface area contributed by atoms with Gasteiger partial charge in [0.1, 0.15) is 0 Å². The van der Waals surface area contributed by atoms with Crippen LogP contribution in [0.15, 0.2) is 28.7 Å². The highest BCUT2D eigenvalue weighted by Gasteiger charge is 1.91. The fourth-order valence-electron chi connectivity index (χ4n) is 1.03. The van der Waals surface area contributed by atoms with E-state index < -0.39 is 0 Å². The predicted molar refractivity (Wildman–Crippen MR) is 57.4 cm³/mol. The van der Waals surface area contributed by atoms with Gasteiger partial charge < -0.3 is 0 Å². The molecule has 0 aliphatic carbocycles. The molecule has 1 aromatic carbocycles. The van der Waals surface area contributed by atoms with Gasteiger partial charge in [0.05, 0.1) is 9.52 Å². The number of rotatable bonds is 3. The minimum absolute atomic E-state index is 0.0517. The average Bonchev–Trinajstić information content (AvgIpc) is 2.04. The molecule has 0 saturated carbocycles. The Kier molecular flexibility index (Phi) is 3.87. The Bertz CT molecular complexity index is 205. The lowest BCUT2D eigenvalue weighted by Gasteiger charge is -1.97. The number of halogens is 1. The molecule has 0 spiro atoms. The Morgan fingerprint density at radius 3 is 2.45 bits per heavy atom. The molecular formula is C9H13BrSi. The second kappa shape index (κ2) is 4.73. The van der Waals surface area contributed by atoms with E-state index in [1.807, 2.05) is 0 Å². The van der Waals surface area contributed by atoms with Crippen molar-refractivity contribution in [3.8, 4) is 0 Å². The lowest BCUT2D eigenvalue weighted by atomic mass is 10.4. The lowest BCUT2D eigenvalue weighted by Crippen LogP contribution is -2.11. The highest BCUT2D eigenvalue weighted by Crippen LogP contribution is 2.05. The average molecular weight is 229 g/mol. The predicted octanol–water partition coefficient (Wildman–Crippen LogP) is 2.07. The molecule has 0 aliphatic heterocycles. The standard InChI is InChI=1S/C9H13BrSi/c1-2-7-11-9-5-3-8(10)4-6-9/h3-6H,2,7,11H2,1H3. The summed E-state index contributed by atoms with van der Waals surface area (Å²) >= 11 is 3.43. The van der Waals surface area contributed by atoms with Crippen LogP contribution in [-0.4, -0.2) is 9.52 Å². The molecule has 0 atom stereocenters. The van der Waals surface area contributed by atoms with Gasteiger partial charge in [-0.2, -0.15) is 0 Å². The highest BCUT2D eigenvalue weighted by atomic mass is 79.9. The van der Waals surface area contributed by atoms with Gasteiger partial charge >= 0.3 is 0 Å². The first-order valence-corrected chi connectivity index (χ1v) is 6.57. The lowest BCUT2D eigenvalue weighted by molar-refractivity contribution is 1.08. The van der Waals surface area contributed by atoms with E-state index in [4.69, 9.17) is 0 Å². The Labute approximate surface area is 79.0 Å². The third-order valence-corrected chi connectivity index (χ3v) is 4.37. The van der Waals surface area contributed by atoms with E-state index >= 15 is 0 Å². The SMILES string of the molecule is CCC[SiH2]c1ccc(Br)cc1. The smallest absolute Gasteiger partial charge is 0.0547 e. The molecule has 0 heterocycles. The van der Waals surface area contributed by atoms with Crippen LogP contribution < -0.4 is 5.19 Å². The van der Waals surface area contributed by atoms with Gasteiger partial charge in [-0.1, -0.05) is 52.6 Å². The molecule has 0 saturated heterocycles. The van der Waals surface area contributed by atoms with Gasteiger partial charge in [0, 0.05) is 4.47 Å². The van der Waals surface area contributed by atoms with Crippen molar-refractivity contribution in [2.45, 2.75) is 19.4 Å². The summed E-state index contributed by atoms with van der Waals surface area (Å²) in [7, 11) is 0.0517. The van der Waals surface area contributed by atoms with Gasteiger partial charge in [-0.3, -0.25) is 0 Å². The van der Waals surface area contributed by atoms with Crippen LogP contribution in [0.5, 0.6) is 0 Å². The van der Waals surface area contributed by atoms with Crippen LogP contribution in [0, 0.1) is 0 Å². The third-order valence-electron chi connectivity index (χ3n) is 1.73. The monoisotopic (exact) mass is 228 g/mol. The summed E-state index contributed by atoms with van der Waals surface area (Å²) in [5.74, 6) is 0. The van der Waals surface area contributed by atoms with Crippen LogP contribution in [0.1, 0.15) is 13.3 Å². The van der Waals surface area contributed by atoms with Crippen molar-refractivity contribution in [2.24, 2.45) is 0 Å². The van der Waals surface area contributed by atoms with Crippen molar-refractivity contribution in [1.82, 2.24) is 0 Å². The van der Waals surface area contributed by atoms with Gasteiger partial charge in [0.15, 0.2) is 0 Å². The summed E-state index contributed by atoms with van der Waals surface area (Å²) in [6.07, 6.45) is 1.34. The molecule has 0 unspecified atom stereocenters. The first-order valence-electron chi connectivity index (χ1n) is 4.07. The molecule has 0 amide bonds. The van der Waals surface area contributed by atoms with E-state index in [9.17, 15) is 0 Å². The van der Waals surface area contributed by atoms with Gasteiger partial charge in [-0.25, -0.2) is 0 Å². The highest BCUT2D eigenvalue weighted by molar-refractivity contribution is 9.10. The van der Waals surface area contributed by atoms with Gasteiger partial charge in [-0.15, -0.1) is 0 Å². The molecule has 0 fully saturated rings. The summed E-state index contributed by atoms with van der Waals surface area (Å²) < 4.78 is 1.19. The molecular weight excluding hydrogens is 216 g/mol. The first kappa shape index (κ1) is 9.01. The first-order chi connectivity index (χ1) is 5.33. The fraction of sp³-hybridized carbons (Fsp3) is 0.333. The molecule has 1 aromatic rings. The number of benzene rings is 1. The Morgan fingerprint density at radius 1 is 1.27 bits per heavy atom. The van der Waals surface area contributed by atoms with E-state index in [-0.39, 0.29) is 9.52 Å².